The SMILES string of the molecule is COC(C)(C)[Se]c1ccccc1. The normalized spacial score (nSPS) is 11.6. The number of rotatable bonds is 3. The Morgan fingerprint density at radius 1 is 1.17 bits per heavy atom. The van der Waals surface area contributed by atoms with Gasteiger partial charge in [-0.1, -0.05) is 0 Å². The molecule has 1 aromatic carbocycles. The first kappa shape index (κ1) is 9.78. The molecule has 0 radical (unpaired) electrons. The van der Waals surface area contributed by atoms with E-state index in [0.29, 0.717) is 15.0 Å². The fourth-order valence-electron chi connectivity index (χ4n) is 0.814. The van der Waals surface area contributed by atoms with E-state index >= 15 is 0 Å². The molecule has 0 saturated carbocycles. The molecule has 0 bridgehead atoms. The van der Waals surface area contributed by atoms with E-state index in [-0.39, 0.29) is 4.50 Å². The topological polar surface area (TPSA) is 9.23 Å². The summed E-state index contributed by atoms with van der Waals surface area (Å²) in [7, 11) is 1.77. The van der Waals surface area contributed by atoms with Gasteiger partial charge in [-0.3, -0.25) is 0 Å². The van der Waals surface area contributed by atoms with Crippen LogP contribution in [0.3, 0.4) is 0 Å². The standard InChI is InChI=1S/C10H14OSe/c1-10(2,11-3)12-9-7-5-4-6-8-9/h4-8H,1-3H3. The van der Waals surface area contributed by atoms with Crippen LogP contribution in [0, 0.1) is 0 Å². The van der Waals surface area contributed by atoms with Gasteiger partial charge in [-0.25, -0.2) is 0 Å². The van der Waals surface area contributed by atoms with E-state index in [4.69, 9.17) is 4.74 Å². The third kappa shape index (κ3) is 2.98. The molecule has 0 fully saturated rings. The Bertz CT molecular complexity index is 231. The summed E-state index contributed by atoms with van der Waals surface area (Å²) in [5.41, 5.74) is 0. The summed E-state index contributed by atoms with van der Waals surface area (Å²) in [5.74, 6) is 0. The van der Waals surface area contributed by atoms with Gasteiger partial charge in [0.05, 0.1) is 0 Å². The van der Waals surface area contributed by atoms with Gasteiger partial charge in [-0.2, -0.15) is 0 Å². The van der Waals surface area contributed by atoms with Crippen LogP contribution in [0.4, 0.5) is 0 Å². The molecule has 0 heterocycles. The zero-order valence-corrected chi connectivity index (χ0v) is 9.42. The molecule has 2 heteroatoms. The summed E-state index contributed by atoms with van der Waals surface area (Å²) in [6, 6.07) is 10.5. The van der Waals surface area contributed by atoms with E-state index in [1.54, 1.807) is 7.11 Å². The maximum atomic E-state index is 5.37. The first-order valence-corrected chi connectivity index (χ1v) is 5.64. The molecule has 0 aliphatic heterocycles. The molecule has 0 aliphatic rings. The predicted molar refractivity (Wildman–Crippen MR) is 52.9 cm³/mol. The summed E-state index contributed by atoms with van der Waals surface area (Å²) in [6.45, 7) is 4.25. The summed E-state index contributed by atoms with van der Waals surface area (Å²) >= 11 is 0.392. The maximum absolute atomic E-state index is 5.37. The van der Waals surface area contributed by atoms with E-state index in [1.807, 2.05) is 6.07 Å². The van der Waals surface area contributed by atoms with Crippen molar-refractivity contribution in [2.75, 3.05) is 7.11 Å². The molecule has 0 aliphatic carbocycles. The van der Waals surface area contributed by atoms with Gasteiger partial charge in [-0.05, 0) is 0 Å². The molecule has 12 heavy (non-hydrogen) atoms. The molecular weight excluding hydrogens is 215 g/mol. The summed E-state index contributed by atoms with van der Waals surface area (Å²) in [6.07, 6.45) is 0. The van der Waals surface area contributed by atoms with Crippen LogP contribution < -0.4 is 4.46 Å². The molecule has 66 valence electrons. The van der Waals surface area contributed by atoms with Crippen molar-refractivity contribution < 1.29 is 4.74 Å². The first-order chi connectivity index (χ1) is 5.64. The second-order valence-electron chi connectivity index (χ2n) is 3.02. The second-order valence-corrected chi connectivity index (χ2v) is 6.50. The quantitative estimate of drug-likeness (QED) is 0.712. The van der Waals surface area contributed by atoms with Crippen LogP contribution in [0.25, 0.3) is 0 Å². The number of hydrogen-bond acceptors (Lipinski definition) is 1. The Labute approximate surface area is 80.3 Å². The summed E-state index contributed by atoms with van der Waals surface area (Å²) in [4.78, 5) is 0. The van der Waals surface area contributed by atoms with Gasteiger partial charge in [-0.15, -0.1) is 0 Å². The molecule has 0 spiro atoms. The van der Waals surface area contributed by atoms with Crippen molar-refractivity contribution in [2.45, 2.75) is 18.3 Å². The zero-order chi connectivity index (χ0) is 9.03. The van der Waals surface area contributed by atoms with E-state index in [2.05, 4.69) is 38.1 Å². The van der Waals surface area contributed by atoms with Crippen molar-refractivity contribution >= 4 is 19.4 Å². The van der Waals surface area contributed by atoms with Gasteiger partial charge in [0.2, 0.25) is 0 Å². The number of benzene rings is 1. The Balaban J connectivity index is 2.64. The fourth-order valence-corrected chi connectivity index (χ4v) is 2.79. The molecule has 1 rings (SSSR count). The van der Waals surface area contributed by atoms with Crippen LogP contribution in [0.5, 0.6) is 0 Å². The van der Waals surface area contributed by atoms with Crippen molar-refractivity contribution in [1.29, 1.82) is 0 Å². The molecule has 0 saturated heterocycles. The second kappa shape index (κ2) is 4.08. The van der Waals surface area contributed by atoms with E-state index < -0.39 is 0 Å². The fraction of sp³-hybridized carbons (Fsp3) is 0.400. The Kier molecular flexibility index (Phi) is 3.33. The predicted octanol–water partition coefficient (Wildman–Crippen LogP) is 1.40. The minimum atomic E-state index is 0.00829. The van der Waals surface area contributed by atoms with Gasteiger partial charge in [0, 0.05) is 0 Å². The average molecular weight is 229 g/mol. The van der Waals surface area contributed by atoms with Gasteiger partial charge >= 0.3 is 79.9 Å². The van der Waals surface area contributed by atoms with Crippen molar-refractivity contribution in [1.82, 2.24) is 0 Å². The molecule has 1 aromatic rings. The molecule has 0 unspecified atom stereocenters. The van der Waals surface area contributed by atoms with Crippen LogP contribution in [0.1, 0.15) is 13.8 Å². The molecule has 0 amide bonds. The van der Waals surface area contributed by atoms with Crippen molar-refractivity contribution in [2.24, 2.45) is 0 Å². The van der Waals surface area contributed by atoms with Crippen molar-refractivity contribution in [3.8, 4) is 0 Å². The van der Waals surface area contributed by atoms with Gasteiger partial charge in [0.15, 0.2) is 0 Å². The van der Waals surface area contributed by atoms with E-state index in [1.165, 1.54) is 4.46 Å². The summed E-state index contributed by atoms with van der Waals surface area (Å²) in [5, 5.41) is 0. The van der Waals surface area contributed by atoms with Gasteiger partial charge in [0.25, 0.3) is 0 Å². The minimum absolute atomic E-state index is 0.00829. The molecule has 1 nitrogen and oxygen atoms in total. The molecule has 0 N–H and O–H groups in total. The third-order valence-electron chi connectivity index (χ3n) is 1.60. The number of methoxy groups -OCH3 is 1. The molecule has 0 aromatic heterocycles. The first-order valence-electron chi connectivity index (χ1n) is 3.93. The monoisotopic (exact) mass is 230 g/mol. The van der Waals surface area contributed by atoms with Crippen LogP contribution in [-0.2, 0) is 4.74 Å². The number of ether oxygens (including phenoxy) is 1. The van der Waals surface area contributed by atoms with Crippen LogP contribution >= 0.6 is 0 Å². The zero-order valence-electron chi connectivity index (χ0n) is 7.70. The van der Waals surface area contributed by atoms with Crippen LogP contribution in [0.15, 0.2) is 30.3 Å². The Morgan fingerprint density at radius 3 is 2.25 bits per heavy atom. The average Bonchev–Trinajstić information content (AvgIpc) is 2.06. The van der Waals surface area contributed by atoms with Gasteiger partial charge in [0.1, 0.15) is 0 Å². The Morgan fingerprint density at radius 2 is 1.75 bits per heavy atom. The van der Waals surface area contributed by atoms with E-state index in [9.17, 15) is 0 Å². The van der Waals surface area contributed by atoms with E-state index in [0.717, 1.165) is 0 Å². The van der Waals surface area contributed by atoms with Crippen LogP contribution in [0.2, 0.25) is 0 Å². The molecular formula is C10H14OSe. The van der Waals surface area contributed by atoms with Crippen molar-refractivity contribution in [3.05, 3.63) is 30.3 Å². The number of hydrogen-bond donors (Lipinski definition) is 0. The third-order valence-corrected chi connectivity index (χ3v) is 4.05. The Hall–Kier alpha value is -0.301. The summed E-state index contributed by atoms with van der Waals surface area (Å²) < 4.78 is 6.76. The van der Waals surface area contributed by atoms with Crippen molar-refractivity contribution in [3.63, 3.8) is 0 Å². The van der Waals surface area contributed by atoms with Gasteiger partial charge < -0.3 is 0 Å². The van der Waals surface area contributed by atoms with Crippen LogP contribution in [-0.4, -0.2) is 26.6 Å². The molecule has 0 atom stereocenters.